The molecule has 0 aliphatic carbocycles. The van der Waals surface area contributed by atoms with Gasteiger partial charge in [-0.2, -0.15) is 0 Å². The number of amides is 1. The number of benzene rings is 1. The van der Waals surface area contributed by atoms with Crippen LogP contribution in [0.1, 0.15) is 16.8 Å². The molecule has 0 aromatic heterocycles. The lowest BCUT2D eigenvalue weighted by atomic mass is 10.2. The first-order valence-electron chi connectivity index (χ1n) is 5.29. The molecule has 0 saturated carbocycles. The maximum atomic E-state index is 11.9. The predicted molar refractivity (Wildman–Crippen MR) is 72.1 cm³/mol. The number of thioether (sulfide) groups is 1. The molecule has 0 bridgehead atoms. The molecule has 0 spiro atoms. The number of methoxy groups -OCH3 is 1. The van der Waals surface area contributed by atoms with Gasteiger partial charge in [-0.25, -0.2) is 0 Å². The van der Waals surface area contributed by atoms with Crippen LogP contribution in [0.4, 0.5) is 0 Å². The lowest BCUT2D eigenvalue weighted by molar-refractivity contribution is 0.0948. The largest absolute Gasteiger partial charge is 0.385 e. The fourth-order valence-corrected chi connectivity index (χ4v) is 1.96. The highest BCUT2D eigenvalue weighted by Gasteiger charge is 2.10. The first kappa shape index (κ1) is 14.4. The van der Waals surface area contributed by atoms with Crippen LogP contribution in [-0.2, 0) is 4.74 Å². The van der Waals surface area contributed by atoms with Crippen LogP contribution in [0.2, 0.25) is 5.02 Å². The lowest BCUT2D eigenvalue weighted by Gasteiger charge is -2.07. The zero-order valence-electron chi connectivity index (χ0n) is 9.96. The molecule has 0 radical (unpaired) electrons. The highest BCUT2D eigenvalue weighted by Crippen LogP contribution is 2.22. The third-order valence-electron chi connectivity index (χ3n) is 2.23. The van der Waals surface area contributed by atoms with E-state index in [0.29, 0.717) is 23.7 Å². The highest BCUT2D eigenvalue weighted by atomic mass is 35.5. The summed E-state index contributed by atoms with van der Waals surface area (Å²) in [6.07, 6.45) is 2.76. The molecule has 0 fully saturated rings. The first-order valence-corrected chi connectivity index (χ1v) is 6.90. The number of nitrogens with one attached hydrogen (secondary N) is 1. The number of ether oxygens (including phenoxy) is 1. The van der Waals surface area contributed by atoms with E-state index >= 15 is 0 Å². The van der Waals surface area contributed by atoms with Crippen molar-refractivity contribution in [3.63, 3.8) is 0 Å². The van der Waals surface area contributed by atoms with Crippen molar-refractivity contribution in [2.45, 2.75) is 11.3 Å². The standard InChI is InChI=1S/C12H16ClNO2S/c1-16-7-3-6-14-12(15)10-8-9(17-2)4-5-11(10)13/h4-5,8H,3,6-7H2,1-2H3,(H,14,15). The minimum absolute atomic E-state index is 0.137. The van der Waals surface area contributed by atoms with Gasteiger partial charge in [0.25, 0.3) is 5.91 Å². The summed E-state index contributed by atoms with van der Waals surface area (Å²) in [5.74, 6) is -0.137. The normalized spacial score (nSPS) is 10.3. The Labute approximate surface area is 111 Å². The molecule has 1 aromatic carbocycles. The summed E-state index contributed by atoms with van der Waals surface area (Å²) in [6.45, 7) is 1.23. The average Bonchev–Trinajstić information content (AvgIpc) is 2.35. The van der Waals surface area contributed by atoms with Crippen LogP contribution in [-0.4, -0.2) is 32.4 Å². The van der Waals surface area contributed by atoms with Crippen LogP contribution in [0.3, 0.4) is 0 Å². The molecule has 1 amide bonds. The second kappa shape index (κ2) is 7.58. The van der Waals surface area contributed by atoms with Gasteiger partial charge in [-0.15, -0.1) is 11.8 Å². The first-order chi connectivity index (χ1) is 8.19. The topological polar surface area (TPSA) is 38.3 Å². The molecular weight excluding hydrogens is 258 g/mol. The van der Waals surface area contributed by atoms with Gasteiger partial charge in [0.15, 0.2) is 0 Å². The minimum atomic E-state index is -0.137. The molecule has 1 rings (SSSR count). The van der Waals surface area contributed by atoms with Gasteiger partial charge in [0.05, 0.1) is 10.6 Å². The van der Waals surface area contributed by atoms with Gasteiger partial charge >= 0.3 is 0 Å². The number of carbonyl (C=O) groups excluding carboxylic acids is 1. The Morgan fingerprint density at radius 1 is 1.53 bits per heavy atom. The molecule has 5 heteroatoms. The number of halogens is 1. The average molecular weight is 274 g/mol. The van der Waals surface area contributed by atoms with Gasteiger partial charge in [-0.3, -0.25) is 4.79 Å². The van der Waals surface area contributed by atoms with Crippen LogP contribution in [0, 0.1) is 0 Å². The van der Waals surface area contributed by atoms with Crippen molar-refractivity contribution in [3.8, 4) is 0 Å². The van der Waals surface area contributed by atoms with E-state index in [0.717, 1.165) is 11.3 Å². The third kappa shape index (κ3) is 4.58. The zero-order chi connectivity index (χ0) is 12.7. The molecule has 0 heterocycles. The van der Waals surface area contributed by atoms with E-state index in [-0.39, 0.29) is 5.91 Å². The highest BCUT2D eigenvalue weighted by molar-refractivity contribution is 7.98. The van der Waals surface area contributed by atoms with E-state index in [1.807, 2.05) is 12.3 Å². The molecule has 3 nitrogen and oxygen atoms in total. The monoisotopic (exact) mass is 273 g/mol. The quantitative estimate of drug-likeness (QED) is 0.640. The minimum Gasteiger partial charge on any atom is -0.385 e. The molecule has 0 unspecified atom stereocenters. The van der Waals surface area contributed by atoms with Gasteiger partial charge in [-0.1, -0.05) is 11.6 Å². The Hall–Kier alpha value is -0.710. The molecule has 1 N–H and O–H groups in total. The number of rotatable bonds is 6. The number of carbonyl (C=O) groups is 1. The molecule has 17 heavy (non-hydrogen) atoms. The van der Waals surface area contributed by atoms with E-state index in [9.17, 15) is 4.79 Å². The van der Waals surface area contributed by atoms with Crippen molar-refractivity contribution in [2.75, 3.05) is 26.5 Å². The van der Waals surface area contributed by atoms with Crippen molar-refractivity contribution >= 4 is 29.3 Å². The van der Waals surface area contributed by atoms with Gasteiger partial charge in [0.2, 0.25) is 0 Å². The second-order valence-corrected chi connectivity index (χ2v) is 4.73. The van der Waals surface area contributed by atoms with Crippen LogP contribution in [0.15, 0.2) is 23.1 Å². The van der Waals surface area contributed by atoms with Crippen molar-refractivity contribution in [1.82, 2.24) is 5.32 Å². The van der Waals surface area contributed by atoms with Crippen LogP contribution >= 0.6 is 23.4 Å². The summed E-state index contributed by atoms with van der Waals surface area (Å²) in [5, 5.41) is 3.29. The lowest BCUT2D eigenvalue weighted by Crippen LogP contribution is -2.25. The van der Waals surface area contributed by atoms with E-state index in [1.54, 1.807) is 31.0 Å². The van der Waals surface area contributed by atoms with Gasteiger partial charge < -0.3 is 10.1 Å². The van der Waals surface area contributed by atoms with E-state index in [2.05, 4.69) is 5.32 Å². The summed E-state index contributed by atoms with van der Waals surface area (Å²) in [5.41, 5.74) is 0.524. The Bertz CT molecular complexity index is 385. The molecule has 0 aliphatic heterocycles. The van der Waals surface area contributed by atoms with Crippen LogP contribution in [0.5, 0.6) is 0 Å². The SMILES string of the molecule is COCCCNC(=O)c1cc(SC)ccc1Cl. The van der Waals surface area contributed by atoms with Crippen molar-refractivity contribution in [1.29, 1.82) is 0 Å². The third-order valence-corrected chi connectivity index (χ3v) is 3.28. The summed E-state index contributed by atoms with van der Waals surface area (Å²) in [4.78, 5) is 12.9. The summed E-state index contributed by atoms with van der Waals surface area (Å²) >= 11 is 7.58. The number of hydrogen-bond acceptors (Lipinski definition) is 3. The van der Waals surface area contributed by atoms with E-state index < -0.39 is 0 Å². The van der Waals surface area contributed by atoms with Crippen LogP contribution in [0.25, 0.3) is 0 Å². The summed E-state index contributed by atoms with van der Waals surface area (Å²) in [7, 11) is 1.64. The fourth-order valence-electron chi connectivity index (χ4n) is 1.32. The van der Waals surface area contributed by atoms with Crippen molar-refractivity contribution in [2.24, 2.45) is 0 Å². The Balaban J connectivity index is 2.61. The predicted octanol–water partition coefficient (Wildman–Crippen LogP) is 2.83. The molecule has 0 aliphatic rings. The Kier molecular flexibility index (Phi) is 6.40. The molecule has 0 saturated heterocycles. The van der Waals surface area contributed by atoms with E-state index in [4.69, 9.17) is 16.3 Å². The number of hydrogen-bond donors (Lipinski definition) is 1. The molecule has 1 aromatic rings. The summed E-state index contributed by atoms with van der Waals surface area (Å²) in [6, 6.07) is 5.45. The Morgan fingerprint density at radius 3 is 2.94 bits per heavy atom. The van der Waals surface area contributed by atoms with Gasteiger partial charge in [-0.05, 0) is 30.9 Å². The van der Waals surface area contributed by atoms with Crippen molar-refractivity contribution < 1.29 is 9.53 Å². The molecule has 94 valence electrons. The maximum Gasteiger partial charge on any atom is 0.252 e. The van der Waals surface area contributed by atoms with Gasteiger partial charge in [0, 0.05) is 25.2 Å². The zero-order valence-corrected chi connectivity index (χ0v) is 11.5. The summed E-state index contributed by atoms with van der Waals surface area (Å²) < 4.78 is 4.91. The van der Waals surface area contributed by atoms with Crippen molar-refractivity contribution in [3.05, 3.63) is 28.8 Å². The Morgan fingerprint density at radius 2 is 2.29 bits per heavy atom. The second-order valence-electron chi connectivity index (χ2n) is 3.45. The smallest absolute Gasteiger partial charge is 0.252 e. The van der Waals surface area contributed by atoms with E-state index in [1.165, 1.54) is 0 Å². The van der Waals surface area contributed by atoms with Crippen LogP contribution < -0.4 is 5.32 Å². The van der Waals surface area contributed by atoms with Gasteiger partial charge in [0.1, 0.15) is 0 Å². The fraction of sp³-hybridized carbons (Fsp3) is 0.417. The molecule has 0 atom stereocenters. The molecular formula is C12H16ClNO2S. The maximum absolute atomic E-state index is 11.9.